The Balaban J connectivity index is 2.08. The molecule has 0 aromatic heterocycles. The zero-order chi connectivity index (χ0) is 26.3. The van der Waals surface area contributed by atoms with Crippen LogP contribution in [-0.2, 0) is 19.1 Å². The summed E-state index contributed by atoms with van der Waals surface area (Å²) in [5.41, 5.74) is 2.03. The van der Waals surface area contributed by atoms with Crippen LogP contribution in [0.3, 0.4) is 0 Å². The molecular formula is C28H34N2O6. The first-order valence-corrected chi connectivity index (χ1v) is 11.7. The average molecular weight is 495 g/mol. The van der Waals surface area contributed by atoms with Gasteiger partial charge in [0.05, 0.1) is 32.2 Å². The fourth-order valence-corrected chi connectivity index (χ4v) is 3.45. The third-order valence-corrected chi connectivity index (χ3v) is 5.38. The number of benzene rings is 2. The van der Waals surface area contributed by atoms with Gasteiger partial charge in [-0.2, -0.15) is 0 Å². The molecule has 0 aliphatic heterocycles. The van der Waals surface area contributed by atoms with Crippen LogP contribution in [0.2, 0.25) is 0 Å². The number of hydrogen-bond acceptors (Lipinski definition) is 6. The Labute approximate surface area is 212 Å². The number of rotatable bonds is 15. The minimum absolute atomic E-state index is 0.222. The molecule has 0 spiro atoms. The van der Waals surface area contributed by atoms with Crippen molar-refractivity contribution in [3.05, 3.63) is 72.8 Å². The summed E-state index contributed by atoms with van der Waals surface area (Å²) in [6, 6.07) is 12.0. The summed E-state index contributed by atoms with van der Waals surface area (Å²) in [5, 5.41) is 5.71. The Hall–Kier alpha value is -3.91. The van der Waals surface area contributed by atoms with E-state index < -0.39 is 6.10 Å². The van der Waals surface area contributed by atoms with Crippen LogP contribution in [0.15, 0.2) is 61.7 Å². The normalized spacial score (nSPS) is 11.2. The lowest BCUT2D eigenvalue weighted by Gasteiger charge is -2.19. The van der Waals surface area contributed by atoms with E-state index in [4.69, 9.17) is 9.47 Å². The molecule has 192 valence electrons. The lowest BCUT2D eigenvalue weighted by Crippen LogP contribution is -2.31. The molecule has 8 heteroatoms. The van der Waals surface area contributed by atoms with Gasteiger partial charge in [0, 0.05) is 12.0 Å². The molecule has 0 saturated heterocycles. The summed E-state index contributed by atoms with van der Waals surface area (Å²) in [7, 11) is 2.89. The van der Waals surface area contributed by atoms with Crippen LogP contribution in [0.25, 0.3) is 6.08 Å². The van der Waals surface area contributed by atoms with Crippen molar-refractivity contribution >= 4 is 35.2 Å². The minimum Gasteiger partial charge on any atom is -0.497 e. The van der Waals surface area contributed by atoms with Crippen LogP contribution in [0.4, 0.5) is 11.4 Å². The fraction of sp³-hybridized carbons (Fsp3) is 0.321. The van der Waals surface area contributed by atoms with E-state index in [-0.39, 0.29) is 24.4 Å². The van der Waals surface area contributed by atoms with Gasteiger partial charge in [0.2, 0.25) is 0 Å². The number of anilines is 2. The van der Waals surface area contributed by atoms with Gasteiger partial charge in [0.1, 0.15) is 11.9 Å². The predicted molar refractivity (Wildman–Crippen MR) is 141 cm³/mol. The molecule has 0 unspecified atom stereocenters. The molecule has 2 rings (SSSR count). The van der Waals surface area contributed by atoms with E-state index in [2.05, 4.69) is 28.5 Å². The molecule has 0 aliphatic rings. The molecular weight excluding hydrogens is 460 g/mol. The van der Waals surface area contributed by atoms with E-state index in [0.717, 1.165) is 12.0 Å². The Morgan fingerprint density at radius 1 is 0.972 bits per heavy atom. The van der Waals surface area contributed by atoms with Gasteiger partial charge in [-0.3, -0.25) is 14.4 Å². The molecule has 8 nitrogen and oxygen atoms in total. The van der Waals surface area contributed by atoms with Crippen LogP contribution in [0, 0.1) is 0 Å². The molecule has 0 bridgehead atoms. The SMILES string of the molecule is C=CCO[C@H](CCCCCC(=O)OC)C(=O)Nc1ccccc1NC(=O)c1cc(C=C)cc(OC)c1. The number of carbonyl (C=O) groups is 3. The second kappa shape index (κ2) is 15.2. The first-order valence-electron chi connectivity index (χ1n) is 11.7. The highest BCUT2D eigenvalue weighted by Gasteiger charge is 2.20. The second-order valence-corrected chi connectivity index (χ2v) is 7.97. The highest BCUT2D eigenvalue weighted by atomic mass is 16.5. The predicted octanol–water partition coefficient (Wildman–Crippen LogP) is 5.22. The minimum atomic E-state index is -0.710. The standard InChI is InChI=1S/C28H34N2O6/c1-5-16-36-25(14-8-7-9-15-26(31)35-4)28(33)30-24-13-11-10-12-23(24)29-27(32)21-17-20(6-2)18-22(19-21)34-3/h5-6,10-13,17-19,25H,1-2,7-9,14-16H2,3-4H3,(H,29,32)(H,30,33)/t25-/m1/s1. The molecule has 0 aliphatic carbocycles. The van der Waals surface area contributed by atoms with Crippen molar-refractivity contribution in [2.45, 2.75) is 38.2 Å². The van der Waals surface area contributed by atoms with Crippen LogP contribution < -0.4 is 15.4 Å². The van der Waals surface area contributed by atoms with E-state index in [0.29, 0.717) is 48.4 Å². The maximum Gasteiger partial charge on any atom is 0.305 e. The second-order valence-electron chi connectivity index (χ2n) is 7.97. The summed E-state index contributed by atoms with van der Waals surface area (Å²) < 4.78 is 15.6. The van der Waals surface area contributed by atoms with Crippen molar-refractivity contribution < 1.29 is 28.6 Å². The zero-order valence-corrected chi connectivity index (χ0v) is 20.9. The van der Waals surface area contributed by atoms with Gasteiger partial charge in [-0.15, -0.1) is 6.58 Å². The highest BCUT2D eigenvalue weighted by molar-refractivity contribution is 6.08. The molecule has 2 amide bonds. The summed E-state index contributed by atoms with van der Waals surface area (Å²) in [4.78, 5) is 37.2. The van der Waals surface area contributed by atoms with Gasteiger partial charge in [0.25, 0.3) is 11.8 Å². The summed E-state index contributed by atoms with van der Waals surface area (Å²) >= 11 is 0. The molecule has 2 N–H and O–H groups in total. The van der Waals surface area contributed by atoms with E-state index in [1.165, 1.54) is 14.2 Å². The number of methoxy groups -OCH3 is 2. The van der Waals surface area contributed by atoms with Gasteiger partial charge in [-0.05, 0) is 48.7 Å². The quantitative estimate of drug-likeness (QED) is 0.200. The largest absolute Gasteiger partial charge is 0.497 e. The van der Waals surface area contributed by atoms with Crippen molar-refractivity contribution in [1.82, 2.24) is 0 Å². The lowest BCUT2D eigenvalue weighted by atomic mass is 10.1. The number of hydrogen-bond donors (Lipinski definition) is 2. The Morgan fingerprint density at radius 2 is 1.69 bits per heavy atom. The van der Waals surface area contributed by atoms with Gasteiger partial charge >= 0.3 is 5.97 Å². The molecule has 0 saturated carbocycles. The first-order chi connectivity index (χ1) is 17.4. The summed E-state index contributed by atoms with van der Waals surface area (Å²) in [5.74, 6) is -0.404. The number of para-hydroxylation sites is 2. The monoisotopic (exact) mass is 494 g/mol. The number of nitrogens with one attached hydrogen (secondary N) is 2. The van der Waals surface area contributed by atoms with Crippen LogP contribution >= 0.6 is 0 Å². The van der Waals surface area contributed by atoms with E-state index in [1.807, 2.05) is 0 Å². The number of unbranched alkanes of at least 4 members (excludes halogenated alkanes) is 2. The Bertz CT molecular complexity index is 1070. The maximum absolute atomic E-state index is 13.0. The molecule has 0 radical (unpaired) electrons. The van der Waals surface area contributed by atoms with E-state index in [1.54, 1.807) is 54.6 Å². The zero-order valence-electron chi connectivity index (χ0n) is 20.9. The maximum atomic E-state index is 13.0. The van der Waals surface area contributed by atoms with Crippen molar-refractivity contribution in [3.8, 4) is 5.75 Å². The van der Waals surface area contributed by atoms with Crippen LogP contribution in [0.1, 0.15) is 48.0 Å². The van der Waals surface area contributed by atoms with Crippen molar-refractivity contribution in [3.63, 3.8) is 0 Å². The number of ether oxygens (including phenoxy) is 3. The summed E-state index contributed by atoms with van der Waals surface area (Å²) in [6.45, 7) is 7.61. The van der Waals surface area contributed by atoms with Crippen LogP contribution in [-0.4, -0.2) is 44.7 Å². The molecule has 2 aromatic carbocycles. The number of carbonyl (C=O) groups excluding carboxylic acids is 3. The Kier molecular flexibility index (Phi) is 11.9. The molecule has 1 atom stereocenters. The molecule has 2 aromatic rings. The topological polar surface area (TPSA) is 103 Å². The highest BCUT2D eigenvalue weighted by Crippen LogP contribution is 2.24. The lowest BCUT2D eigenvalue weighted by molar-refractivity contribution is -0.140. The van der Waals surface area contributed by atoms with Crippen molar-refractivity contribution in [2.75, 3.05) is 31.5 Å². The van der Waals surface area contributed by atoms with Gasteiger partial charge in [-0.25, -0.2) is 0 Å². The van der Waals surface area contributed by atoms with E-state index >= 15 is 0 Å². The third kappa shape index (κ3) is 9.03. The molecule has 0 heterocycles. The number of esters is 1. The number of amides is 2. The summed E-state index contributed by atoms with van der Waals surface area (Å²) in [6.07, 6.45) is 5.46. The Morgan fingerprint density at radius 3 is 2.33 bits per heavy atom. The van der Waals surface area contributed by atoms with Gasteiger partial charge in [0.15, 0.2) is 0 Å². The molecule has 36 heavy (non-hydrogen) atoms. The van der Waals surface area contributed by atoms with Crippen molar-refractivity contribution in [2.24, 2.45) is 0 Å². The smallest absolute Gasteiger partial charge is 0.305 e. The first kappa shape index (κ1) is 28.3. The van der Waals surface area contributed by atoms with Gasteiger partial charge < -0.3 is 24.8 Å². The third-order valence-electron chi connectivity index (χ3n) is 5.38. The van der Waals surface area contributed by atoms with Crippen molar-refractivity contribution in [1.29, 1.82) is 0 Å². The molecule has 0 fully saturated rings. The van der Waals surface area contributed by atoms with Gasteiger partial charge in [-0.1, -0.05) is 43.7 Å². The van der Waals surface area contributed by atoms with Crippen LogP contribution in [0.5, 0.6) is 5.75 Å². The fourth-order valence-electron chi connectivity index (χ4n) is 3.45. The van der Waals surface area contributed by atoms with E-state index in [9.17, 15) is 14.4 Å². The average Bonchev–Trinajstić information content (AvgIpc) is 2.90.